The molecule has 0 saturated carbocycles. The molecule has 0 aliphatic rings. The van der Waals surface area contributed by atoms with E-state index in [4.69, 9.17) is 13.6 Å². The highest BCUT2D eigenvalue weighted by Crippen LogP contribution is 2.52. The van der Waals surface area contributed by atoms with Crippen molar-refractivity contribution in [1.29, 1.82) is 0 Å². The van der Waals surface area contributed by atoms with E-state index in [1.807, 2.05) is 32.3 Å². The molecule has 6 nitrogen and oxygen atoms in total. The van der Waals surface area contributed by atoms with Crippen molar-refractivity contribution in [2.75, 3.05) is 20.6 Å². The highest BCUT2D eigenvalue weighted by molar-refractivity contribution is 7.48. The number of likely N-dealkylation sites (N-methyl/N-ethyl adjacent to an activating group) is 1. The van der Waals surface area contributed by atoms with Crippen LogP contribution in [0, 0.1) is 6.92 Å². The standard InChI is InChI=1S/C20H33N2O4P/c1-15(2)25-27(23,26-16(3)4)24-14-22-13-18(10-11-21(6)7)19-12-17(5)8-9-20(19)22/h8-9,12-13,15-16H,10-11,14H2,1-7H3. The molecule has 0 aliphatic heterocycles. The number of rotatable bonds is 10. The van der Waals surface area contributed by atoms with Crippen molar-refractivity contribution in [3.05, 3.63) is 35.5 Å². The van der Waals surface area contributed by atoms with Crippen molar-refractivity contribution in [1.82, 2.24) is 9.47 Å². The SMILES string of the molecule is Cc1ccc2c(c1)c(CCN(C)C)cn2COP(=O)(OC(C)C)OC(C)C. The van der Waals surface area contributed by atoms with Crippen LogP contribution >= 0.6 is 7.82 Å². The van der Waals surface area contributed by atoms with Gasteiger partial charge in [0.25, 0.3) is 0 Å². The molecular formula is C20H33N2O4P. The fourth-order valence-corrected chi connectivity index (χ4v) is 4.34. The molecule has 0 atom stereocenters. The van der Waals surface area contributed by atoms with Gasteiger partial charge >= 0.3 is 7.82 Å². The van der Waals surface area contributed by atoms with Crippen LogP contribution < -0.4 is 0 Å². The number of aromatic nitrogens is 1. The summed E-state index contributed by atoms with van der Waals surface area (Å²) in [4.78, 5) is 2.16. The molecule has 2 aromatic rings. The predicted octanol–water partition coefficient (Wildman–Crippen LogP) is 4.99. The zero-order valence-corrected chi connectivity index (χ0v) is 18.5. The summed E-state index contributed by atoms with van der Waals surface area (Å²) >= 11 is 0. The third-order valence-corrected chi connectivity index (χ3v) is 5.77. The van der Waals surface area contributed by atoms with Crippen LogP contribution in [-0.4, -0.2) is 42.3 Å². The minimum atomic E-state index is -3.64. The lowest BCUT2D eigenvalue weighted by Gasteiger charge is -2.22. The Hall–Kier alpha value is -1.17. The molecule has 1 aromatic heterocycles. The molecule has 0 amide bonds. The molecule has 0 fully saturated rings. The summed E-state index contributed by atoms with van der Waals surface area (Å²) in [6, 6.07) is 6.33. The smallest absolute Gasteiger partial charge is 0.323 e. The van der Waals surface area contributed by atoms with Crippen molar-refractivity contribution >= 4 is 18.7 Å². The lowest BCUT2D eigenvalue weighted by molar-refractivity contribution is 0.0563. The molecule has 2 rings (SSSR count). The Morgan fingerprint density at radius 3 is 2.30 bits per heavy atom. The molecule has 0 spiro atoms. The molecule has 0 unspecified atom stereocenters. The summed E-state index contributed by atoms with van der Waals surface area (Å²) in [5, 5.41) is 1.20. The summed E-state index contributed by atoms with van der Waals surface area (Å²) in [5.41, 5.74) is 3.51. The Bertz CT molecular complexity index is 785. The van der Waals surface area contributed by atoms with Crippen molar-refractivity contribution in [3.63, 3.8) is 0 Å². The van der Waals surface area contributed by atoms with Crippen molar-refractivity contribution in [2.24, 2.45) is 0 Å². The van der Waals surface area contributed by atoms with E-state index in [1.54, 1.807) is 0 Å². The lowest BCUT2D eigenvalue weighted by Crippen LogP contribution is -2.15. The number of phosphoric ester groups is 1. The average Bonchev–Trinajstić information content (AvgIpc) is 2.86. The van der Waals surface area contributed by atoms with Crippen molar-refractivity contribution in [2.45, 2.75) is 60.0 Å². The summed E-state index contributed by atoms with van der Waals surface area (Å²) in [5.74, 6) is 0. The van der Waals surface area contributed by atoms with Gasteiger partial charge in [0.15, 0.2) is 0 Å². The van der Waals surface area contributed by atoms with Crippen LogP contribution in [0.1, 0.15) is 38.8 Å². The second-order valence-corrected chi connectivity index (χ2v) is 9.29. The van der Waals surface area contributed by atoms with Crippen LogP contribution in [0.3, 0.4) is 0 Å². The number of hydrogen-bond acceptors (Lipinski definition) is 5. The number of phosphoric acid groups is 1. The summed E-state index contributed by atoms with van der Waals surface area (Å²) in [6.07, 6.45) is 2.49. The van der Waals surface area contributed by atoms with Crippen LogP contribution in [0.4, 0.5) is 0 Å². The first-order valence-corrected chi connectivity index (χ1v) is 10.9. The Balaban J connectivity index is 2.28. The minimum absolute atomic E-state index is 0.109. The predicted molar refractivity (Wildman–Crippen MR) is 110 cm³/mol. The van der Waals surface area contributed by atoms with Gasteiger partial charge in [-0.3, -0.25) is 13.6 Å². The van der Waals surface area contributed by atoms with Crippen LogP contribution in [0.15, 0.2) is 24.4 Å². The normalized spacial score (nSPS) is 12.8. The molecule has 0 radical (unpaired) electrons. The number of fused-ring (bicyclic) bond motifs is 1. The van der Waals surface area contributed by atoms with Crippen LogP contribution in [0.25, 0.3) is 10.9 Å². The van der Waals surface area contributed by atoms with Gasteiger partial charge in [-0.15, -0.1) is 0 Å². The van der Waals surface area contributed by atoms with Crippen molar-refractivity contribution in [3.8, 4) is 0 Å². The quantitative estimate of drug-likeness (QED) is 0.530. The van der Waals surface area contributed by atoms with E-state index in [1.165, 1.54) is 16.5 Å². The largest absolute Gasteiger partial charge is 0.477 e. The first-order chi connectivity index (χ1) is 12.6. The highest BCUT2D eigenvalue weighted by Gasteiger charge is 2.30. The molecule has 7 heteroatoms. The zero-order valence-electron chi connectivity index (χ0n) is 17.6. The Kier molecular flexibility index (Phi) is 7.66. The van der Waals surface area contributed by atoms with Crippen molar-refractivity contribution < 1.29 is 18.1 Å². The molecule has 0 N–H and O–H groups in total. The third kappa shape index (κ3) is 6.44. The van der Waals surface area contributed by atoms with Crippen LogP contribution in [-0.2, 0) is 31.3 Å². The van der Waals surface area contributed by atoms with Gasteiger partial charge in [0.05, 0.1) is 17.7 Å². The van der Waals surface area contributed by atoms with Crippen LogP contribution in [0.5, 0.6) is 0 Å². The molecule has 0 bridgehead atoms. The Morgan fingerprint density at radius 2 is 1.74 bits per heavy atom. The average molecular weight is 396 g/mol. The minimum Gasteiger partial charge on any atom is -0.323 e. The fourth-order valence-electron chi connectivity index (χ4n) is 2.87. The zero-order chi connectivity index (χ0) is 20.2. The van der Waals surface area contributed by atoms with E-state index in [-0.39, 0.29) is 18.9 Å². The third-order valence-electron chi connectivity index (χ3n) is 3.98. The van der Waals surface area contributed by atoms with Gasteiger partial charge in [0.1, 0.15) is 6.73 Å². The second kappa shape index (κ2) is 9.35. The van der Waals surface area contributed by atoms with Gasteiger partial charge in [-0.25, -0.2) is 4.57 Å². The monoisotopic (exact) mass is 396 g/mol. The maximum Gasteiger partial charge on any atom is 0.477 e. The molecule has 27 heavy (non-hydrogen) atoms. The van der Waals surface area contributed by atoms with Gasteiger partial charge in [0, 0.05) is 18.1 Å². The number of hydrogen-bond donors (Lipinski definition) is 0. The molecule has 1 aromatic carbocycles. The molecule has 0 saturated heterocycles. The highest BCUT2D eigenvalue weighted by atomic mass is 31.2. The summed E-state index contributed by atoms with van der Waals surface area (Å²) in [6.45, 7) is 10.4. The summed E-state index contributed by atoms with van der Waals surface area (Å²) < 4.78 is 31.5. The van der Waals surface area contributed by atoms with Crippen LogP contribution in [0.2, 0.25) is 0 Å². The molecular weight excluding hydrogens is 363 g/mol. The Labute approximate surface area is 163 Å². The van der Waals surface area contributed by atoms with E-state index in [2.05, 4.69) is 50.3 Å². The molecule has 152 valence electrons. The summed E-state index contributed by atoms with van der Waals surface area (Å²) in [7, 11) is 0.496. The van der Waals surface area contributed by atoms with E-state index in [9.17, 15) is 4.57 Å². The maximum atomic E-state index is 12.9. The Morgan fingerprint density at radius 1 is 1.11 bits per heavy atom. The van der Waals surface area contributed by atoms with E-state index >= 15 is 0 Å². The first-order valence-electron chi connectivity index (χ1n) is 9.44. The van der Waals surface area contributed by atoms with Gasteiger partial charge in [-0.2, -0.15) is 0 Å². The van der Waals surface area contributed by atoms with Gasteiger partial charge in [0.2, 0.25) is 0 Å². The van der Waals surface area contributed by atoms with Gasteiger partial charge in [-0.05, 0) is 72.8 Å². The van der Waals surface area contributed by atoms with E-state index in [0.717, 1.165) is 18.5 Å². The lowest BCUT2D eigenvalue weighted by atomic mass is 10.1. The molecule has 1 heterocycles. The van der Waals surface area contributed by atoms with E-state index < -0.39 is 7.82 Å². The first kappa shape index (κ1) is 22.1. The topological polar surface area (TPSA) is 52.9 Å². The maximum absolute atomic E-state index is 12.9. The molecule has 0 aliphatic carbocycles. The number of benzene rings is 1. The van der Waals surface area contributed by atoms with E-state index in [0.29, 0.717) is 0 Å². The van der Waals surface area contributed by atoms with Gasteiger partial charge in [-0.1, -0.05) is 11.6 Å². The fraction of sp³-hybridized carbons (Fsp3) is 0.600. The second-order valence-electron chi connectivity index (χ2n) is 7.71. The van der Waals surface area contributed by atoms with Gasteiger partial charge < -0.3 is 9.47 Å². The number of aryl methyl sites for hydroxylation is 1. The number of nitrogens with zero attached hydrogens (tertiary/aromatic N) is 2.